The van der Waals surface area contributed by atoms with Gasteiger partial charge in [0.1, 0.15) is 11.9 Å². The maximum absolute atomic E-state index is 14.8. The fourth-order valence-corrected chi connectivity index (χ4v) is 4.40. The van der Waals surface area contributed by atoms with Gasteiger partial charge < -0.3 is 15.3 Å². The van der Waals surface area contributed by atoms with E-state index in [1.54, 1.807) is 35.3 Å². The van der Waals surface area contributed by atoms with Gasteiger partial charge >= 0.3 is 0 Å². The van der Waals surface area contributed by atoms with E-state index in [1.165, 1.54) is 0 Å². The number of aromatic nitrogens is 5. The number of phenolic OH excluding ortho intramolecular Hbond substituents is 1. The summed E-state index contributed by atoms with van der Waals surface area (Å²) in [5.41, 5.74) is 1.81. The summed E-state index contributed by atoms with van der Waals surface area (Å²) in [6.07, 6.45) is 5.04. The standard InChI is InChI=1S/C20H22FN7O/c1-27(17-10-12-2-5-16(23-12)20(17)21)19-7-6-15(24-25-19)14-4-3-13(11-18(14)29)28-9-8-22-26-28/h3-4,6-9,11-12,16-17,20,23,29H,2,5,10H2,1H3/t12-,16+,17-,20-/m0/s1. The summed E-state index contributed by atoms with van der Waals surface area (Å²) < 4.78 is 16.4. The molecule has 3 aromatic rings. The first-order chi connectivity index (χ1) is 14.1. The third-order valence-electron chi connectivity index (χ3n) is 6.01. The molecule has 4 atom stereocenters. The first-order valence-corrected chi connectivity index (χ1v) is 9.77. The maximum atomic E-state index is 14.8. The van der Waals surface area contributed by atoms with Gasteiger partial charge in [-0.25, -0.2) is 9.07 Å². The molecule has 0 saturated carbocycles. The van der Waals surface area contributed by atoms with Gasteiger partial charge in [0.15, 0.2) is 5.82 Å². The first kappa shape index (κ1) is 18.0. The molecular weight excluding hydrogens is 373 g/mol. The average molecular weight is 395 g/mol. The number of fused-ring (bicyclic) bond motifs is 2. The highest BCUT2D eigenvalue weighted by Crippen LogP contribution is 2.34. The van der Waals surface area contributed by atoms with Gasteiger partial charge in [-0.05, 0) is 43.5 Å². The summed E-state index contributed by atoms with van der Waals surface area (Å²) in [5.74, 6) is 0.702. The molecule has 0 aliphatic carbocycles. The number of piperidine rings is 1. The SMILES string of the molecule is CN(c1ccc(-c2ccc(-n3ccnn3)cc2O)nn1)[C@H]1C[C@@H]2CC[C@@H](N2)[C@@H]1F. The lowest BCUT2D eigenvalue weighted by molar-refractivity contribution is 0.176. The van der Waals surface area contributed by atoms with Crippen LogP contribution in [0.2, 0.25) is 0 Å². The topological polar surface area (TPSA) is 92.0 Å². The molecule has 29 heavy (non-hydrogen) atoms. The van der Waals surface area contributed by atoms with Crippen molar-refractivity contribution < 1.29 is 9.50 Å². The van der Waals surface area contributed by atoms with E-state index in [9.17, 15) is 9.50 Å². The fraction of sp³-hybridized carbons (Fsp3) is 0.400. The van der Waals surface area contributed by atoms with E-state index in [0.29, 0.717) is 28.8 Å². The minimum Gasteiger partial charge on any atom is -0.507 e. The molecule has 8 nitrogen and oxygen atoms in total. The Morgan fingerprint density at radius 2 is 2.10 bits per heavy atom. The minimum atomic E-state index is -0.923. The number of rotatable bonds is 4. The summed E-state index contributed by atoms with van der Waals surface area (Å²) in [5, 5.41) is 30.0. The molecule has 9 heteroatoms. The number of hydrogen-bond acceptors (Lipinski definition) is 7. The van der Waals surface area contributed by atoms with Gasteiger partial charge in [-0.2, -0.15) is 0 Å². The monoisotopic (exact) mass is 395 g/mol. The summed E-state index contributed by atoms with van der Waals surface area (Å²) in [6.45, 7) is 0. The van der Waals surface area contributed by atoms with Gasteiger partial charge in [0, 0.05) is 30.8 Å². The van der Waals surface area contributed by atoms with Crippen LogP contribution in [0.4, 0.5) is 10.2 Å². The van der Waals surface area contributed by atoms with Crippen LogP contribution in [0.15, 0.2) is 42.7 Å². The van der Waals surface area contributed by atoms with Crippen molar-refractivity contribution in [1.82, 2.24) is 30.5 Å². The largest absolute Gasteiger partial charge is 0.507 e. The Bertz CT molecular complexity index is 995. The maximum Gasteiger partial charge on any atom is 0.151 e. The summed E-state index contributed by atoms with van der Waals surface area (Å²) in [7, 11) is 1.87. The molecule has 2 saturated heterocycles. The zero-order valence-electron chi connectivity index (χ0n) is 16.0. The molecule has 0 spiro atoms. The van der Waals surface area contributed by atoms with Crippen LogP contribution in [0.1, 0.15) is 19.3 Å². The van der Waals surface area contributed by atoms with E-state index < -0.39 is 6.17 Å². The molecule has 2 aliphatic heterocycles. The number of benzene rings is 1. The fourth-order valence-electron chi connectivity index (χ4n) is 4.40. The van der Waals surface area contributed by atoms with Crippen LogP contribution in [0.5, 0.6) is 5.75 Å². The smallest absolute Gasteiger partial charge is 0.151 e. The van der Waals surface area contributed by atoms with Gasteiger partial charge in [0.25, 0.3) is 0 Å². The number of phenols is 1. The number of nitrogens with one attached hydrogen (secondary N) is 1. The van der Waals surface area contributed by atoms with Gasteiger partial charge in [-0.15, -0.1) is 15.3 Å². The van der Waals surface area contributed by atoms with Crippen LogP contribution in [0.3, 0.4) is 0 Å². The van der Waals surface area contributed by atoms with Gasteiger partial charge in [0.05, 0.1) is 29.8 Å². The van der Waals surface area contributed by atoms with E-state index in [-0.39, 0.29) is 17.8 Å². The molecule has 2 fully saturated rings. The van der Waals surface area contributed by atoms with E-state index in [1.807, 2.05) is 24.1 Å². The van der Waals surface area contributed by atoms with Crippen LogP contribution in [0.25, 0.3) is 16.9 Å². The lowest BCUT2D eigenvalue weighted by Crippen LogP contribution is -2.55. The second-order valence-electron chi connectivity index (χ2n) is 7.73. The lowest BCUT2D eigenvalue weighted by Gasteiger charge is -2.38. The van der Waals surface area contributed by atoms with Crippen LogP contribution < -0.4 is 10.2 Å². The Kier molecular flexibility index (Phi) is 4.39. The van der Waals surface area contributed by atoms with E-state index in [4.69, 9.17) is 0 Å². The normalized spacial score (nSPS) is 25.9. The number of nitrogens with zero attached hydrogens (tertiary/aromatic N) is 6. The zero-order valence-corrected chi connectivity index (χ0v) is 16.0. The Morgan fingerprint density at radius 1 is 1.21 bits per heavy atom. The Labute approximate surface area is 167 Å². The molecule has 2 bridgehead atoms. The molecule has 1 aromatic carbocycles. The van der Waals surface area contributed by atoms with E-state index >= 15 is 0 Å². The molecule has 0 unspecified atom stereocenters. The van der Waals surface area contributed by atoms with Gasteiger partial charge in [0.2, 0.25) is 0 Å². The highest BCUT2D eigenvalue weighted by atomic mass is 19.1. The van der Waals surface area contributed by atoms with Crippen molar-refractivity contribution in [2.75, 3.05) is 11.9 Å². The van der Waals surface area contributed by atoms with Crippen molar-refractivity contribution in [2.45, 2.75) is 43.6 Å². The third kappa shape index (κ3) is 3.21. The van der Waals surface area contributed by atoms with Crippen LogP contribution >= 0.6 is 0 Å². The van der Waals surface area contributed by atoms with Crippen molar-refractivity contribution in [3.8, 4) is 22.7 Å². The van der Waals surface area contributed by atoms with Crippen molar-refractivity contribution in [3.63, 3.8) is 0 Å². The van der Waals surface area contributed by atoms with Crippen LogP contribution in [0, 0.1) is 0 Å². The lowest BCUT2D eigenvalue weighted by atomic mass is 9.96. The number of hydrogen-bond donors (Lipinski definition) is 2. The molecule has 2 N–H and O–H groups in total. The summed E-state index contributed by atoms with van der Waals surface area (Å²) >= 11 is 0. The molecule has 5 rings (SSSR count). The Hall–Kier alpha value is -3.07. The highest BCUT2D eigenvalue weighted by molar-refractivity contribution is 5.69. The molecule has 2 aliphatic rings. The predicted octanol–water partition coefficient (Wildman–Crippen LogP) is 2.10. The molecule has 0 amide bonds. The molecular formula is C20H22FN7O. The predicted molar refractivity (Wildman–Crippen MR) is 106 cm³/mol. The number of anilines is 1. The number of alkyl halides is 1. The van der Waals surface area contributed by atoms with Crippen molar-refractivity contribution in [1.29, 1.82) is 0 Å². The van der Waals surface area contributed by atoms with E-state index in [0.717, 1.165) is 19.3 Å². The molecule has 2 aromatic heterocycles. The Balaban J connectivity index is 1.36. The Morgan fingerprint density at radius 3 is 2.83 bits per heavy atom. The van der Waals surface area contributed by atoms with Crippen LogP contribution in [-0.2, 0) is 0 Å². The zero-order chi connectivity index (χ0) is 20.0. The minimum absolute atomic E-state index is 0.0612. The quantitative estimate of drug-likeness (QED) is 0.699. The summed E-state index contributed by atoms with van der Waals surface area (Å²) in [4.78, 5) is 1.89. The second kappa shape index (κ2) is 7.07. The average Bonchev–Trinajstić information content (AvgIpc) is 3.41. The van der Waals surface area contributed by atoms with Crippen LogP contribution in [-0.4, -0.2) is 61.6 Å². The van der Waals surface area contributed by atoms with Gasteiger partial charge in [-0.3, -0.25) is 0 Å². The highest BCUT2D eigenvalue weighted by Gasteiger charge is 2.43. The van der Waals surface area contributed by atoms with Crippen molar-refractivity contribution >= 4 is 5.82 Å². The molecule has 150 valence electrons. The molecule has 4 heterocycles. The first-order valence-electron chi connectivity index (χ1n) is 9.77. The third-order valence-corrected chi connectivity index (χ3v) is 6.01. The number of halogens is 1. The second-order valence-corrected chi connectivity index (χ2v) is 7.73. The number of aromatic hydroxyl groups is 1. The summed E-state index contributed by atoms with van der Waals surface area (Å²) in [6, 6.07) is 8.93. The van der Waals surface area contributed by atoms with E-state index in [2.05, 4.69) is 25.8 Å². The van der Waals surface area contributed by atoms with Crippen molar-refractivity contribution in [3.05, 3.63) is 42.7 Å². The van der Waals surface area contributed by atoms with Gasteiger partial charge in [-0.1, -0.05) is 5.21 Å². The molecule has 0 radical (unpaired) electrons. The van der Waals surface area contributed by atoms with Crippen molar-refractivity contribution in [2.24, 2.45) is 0 Å².